The Morgan fingerprint density at radius 3 is 1.73 bits per heavy atom. The number of methoxy groups -OCH3 is 1. The lowest BCUT2D eigenvalue weighted by Crippen LogP contribution is -2.50. The van der Waals surface area contributed by atoms with E-state index in [1.54, 1.807) is 7.11 Å². The molecule has 0 bridgehead atoms. The van der Waals surface area contributed by atoms with Gasteiger partial charge in [0.1, 0.15) is 6.54 Å². The van der Waals surface area contributed by atoms with Crippen molar-refractivity contribution in [1.82, 2.24) is 4.72 Å². The van der Waals surface area contributed by atoms with Gasteiger partial charge in [0, 0.05) is 7.11 Å². The Morgan fingerprint density at radius 1 is 1.00 bits per heavy atom. The lowest BCUT2D eigenvalue weighted by Gasteiger charge is -2.36. The van der Waals surface area contributed by atoms with Crippen molar-refractivity contribution >= 4 is 15.9 Å². The summed E-state index contributed by atoms with van der Waals surface area (Å²) >= 11 is 0. The number of rotatable bonds is 8. The van der Waals surface area contributed by atoms with Gasteiger partial charge in [-0.1, -0.05) is 6.92 Å². The van der Waals surface area contributed by atoms with E-state index in [-0.39, 0.29) is 4.72 Å². The number of ether oxygens (including phenoxy) is 1. The predicted octanol–water partition coefficient (Wildman–Crippen LogP) is 2.41. The van der Waals surface area contributed by atoms with E-state index in [1.807, 2.05) is 0 Å². The molecule has 158 valence electrons. The number of nitrogens with zero attached hydrogens (tertiary/aromatic N) is 1. The van der Waals surface area contributed by atoms with Crippen molar-refractivity contribution in [2.75, 3.05) is 39.9 Å². The van der Waals surface area contributed by atoms with Crippen molar-refractivity contribution in [3.63, 3.8) is 0 Å². The van der Waals surface area contributed by atoms with Gasteiger partial charge in [0.25, 0.3) is 0 Å². The van der Waals surface area contributed by atoms with Gasteiger partial charge in [-0.05, 0) is 20.3 Å². The quantitative estimate of drug-likeness (QED) is 0.485. The molecule has 0 aliphatic carbocycles. The Kier molecular flexibility index (Phi) is 11.4. The molecule has 0 aromatic rings. The molecule has 6 nitrogen and oxygen atoms in total. The number of likely N-dealkylation sites (N-methyl/N-ethyl adjacent to an activating group) is 1. The molecule has 0 radical (unpaired) electrons. The SMILES string of the molecule is CCC[N+](CC)(CC)CCOC.O=C(NS(=O)(=O)C(F)(F)F)C(F)(F)F. The van der Waals surface area contributed by atoms with Gasteiger partial charge in [-0.2, -0.15) is 34.8 Å². The van der Waals surface area contributed by atoms with Crippen LogP contribution in [0.15, 0.2) is 0 Å². The van der Waals surface area contributed by atoms with Crippen LogP contribution in [0.1, 0.15) is 27.2 Å². The van der Waals surface area contributed by atoms with E-state index in [0.29, 0.717) is 0 Å². The molecule has 1 amide bonds. The molecule has 0 unspecified atom stereocenters. The van der Waals surface area contributed by atoms with Crippen LogP contribution in [-0.2, 0) is 19.6 Å². The van der Waals surface area contributed by atoms with Gasteiger partial charge in [-0.3, -0.25) is 4.79 Å². The van der Waals surface area contributed by atoms with Crippen molar-refractivity contribution in [3.05, 3.63) is 0 Å². The molecular formula is C13H25F6N2O4S+. The standard InChI is InChI=1S/C10H24NO.C3HF6NO3S/c1-5-8-11(6-2,7-3)9-10-12-4;4-2(5,6)1(11)10-14(12,13)3(7,8)9/h5-10H2,1-4H3;(H,10,11)/q+1;. The third-order valence-electron chi connectivity index (χ3n) is 3.60. The molecule has 0 atom stereocenters. The number of quaternary nitrogens is 1. The molecule has 0 aliphatic rings. The zero-order chi connectivity index (χ0) is 21.2. The first kappa shape index (κ1) is 27.1. The summed E-state index contributed by atoms with van der Waals surface area (Å²) in [5, 5.41) is 0. The first-order valence-electron chi connectivity index (χ1n) is 7.66. The molecule has 26 heavy (non-hydrogen) atoms. The molecule has 0 saturated carbocycles. The maximum atomic E-state index is 11.4. The van der Waals surface area contributed by atoms with Gasteiger partial charge < -0.3 is 9.22 Å². The van der Waals surface area contributed by atoms with E-state index in [9.17, 15) is 39.6 Å². The van der Waals surface area contributed by atoms with E-state index < -0.39 is 27.6 Å². The number of nitrogens with one attached hydrogen (secondary N) is 1. The number of amides is 1. The number of hydrogen-bond acceptors (Lipinski definition) is 4. The van der Waals surface area contributed by atoms with Crippen LogP contribution in [0.25, 0.3) is 0 Å². The molecule has 0 rings (SSSR count). The van der Waals surface area contributed by atoms with Crippen LogP contribution in [0.4, 0.5) is 26.3 Å². The second-order valence-corrected chi connectivity index (χ2v) is 6.97. The van der Waals surface area contributed by atoms with Gasteiger partial charge in [0.2, 0.25) is 0 Å². The first-order chi connectivity index (χ1) is 11.6. The number of carbonyl (C=O) groups is 1. The Labute approximate surface area is 149 Å². The number of hydrogen-bond donors (Lipinski definition) is 1. The summed E-state index contributed by atoms with van der Waals surface area (Å²) in [5.74, 6) is -3.20. The highest BCUT2D eigenvalue weighted by molar-refractivity contribution is 7.90. The summed E-state index contributed by atoms with van der Waals surface area (Å²) < 4.78 is 94.3. The minimum atomic E-state index is -6.30. The molecule has 1 N–H and O–H groups in total. The van der Waals surface area contributed by atoms with Crippen LogP contribution in [-0.4, -0.2) is 70.4 Å². The Morgan fingerprint density at radius 2 is 1.46 bits per heavy atom. The molecule has 0 aliphatic heterocycles. The highest BCUT2D eigenvalue weighted by Crippen LogP contribution is 2.23. The lowest BCUT2D eigenvalue weighted by atomic mass is 10.3. The topological polar surface area (TPSA) is 72.5 Å². The van der Waals surface area contributed by atoms with E-state index >= 15 is 0 Å². The third-order valence-corrected chi connectivity index (χ3v) is 4.66. The van der Waals surface area contributed by atoms with E-state index in [1.165, 1.54) is 30.5 Å². The highest BCUT2D eigenvalue weighted by Gasteiger charge is 2.51. The third kappa shape index (κ3) is 9.57. The predicted molar refractivity (Wildman–Crippen MR) is 82.4 cm³/mol. The molecule has 0 aromatic carbocycles. The minimum Gasteiger partial charge on any atom is -0.379 e. The van der Waals surface area contributed by atoms with Gasteiger partial charge in [0.15, 0.2) is 0 Å². The Hall–Kier alpha value is -1.08. The van der Waals surface area contributed by atoms with Crippen molar-refractivity contribution in [1.29, 1.82) is 0 Å². The van der Waals surface area contributed by atoms with Crippen molar-refractivity contribution in [2.24, 2.45) is 0 Å². The monoisotopic (exact) mass is 419 g/mol. The maximum Gasteiger partial charge on any atom is 0.516 e. The minimum absolute atomic E-state index is 0.181. The van der Waals surface area contributed by atoms with Crippen LogP contribution < -0.4 is 4.72 Å². The van der Waals surface area contributed by atoms with Crippen LogP contribution in [0.5, 0.6) is 0 Å². The summed E-state index contributed by atoms with van der Waals surface area (Å²) in [6.07, 6.45) is -4.43. The van der Waals surface area contributed by atoms with Gasteiger partial charge in [-0.25, -0.2) is 4.72 Å². The smallest absolute Gasteiger partial charge is 0.379 e. The van der Waals surface area contributed by atoms with Crippen molar-refractivity contribution < 1.29 is 48.8 Å². The second kappa shape index (κ2) is 10.9. The number of carbonyl (C=O) groups excluding carboxylic acids is 1. The first-order valence-corrected chi connectivity index (χ1v) is 9.15. The van der Waals surface area contributed by atoms with Gasteiger partial charge >= 0.3 is 27.6 Å². The van der Waals surface area contributed by atoms with Crippen LogP contribution in [0.2, 0.25) is 0 Å². The maximum absolute atomic E-state index is 11.4. The normalized spacial score (nSPS) is 13.0. The van der Waals surface area contributed by atoms with Gasteiger partial charge in [-0.15, -0.1) is 0 Å². The average Bonchev–Trinajstić information content (AvgIpc) is 2.50. The number of sulfonamides is 1. The van der Waals surface area contributed by atoms with E-state index in [2.05, 4.69) is 20.8 Å². The summed E-state index contributed by atoms with van der Waals surface area (Å²) in [4.78, 5) is 9.81. The fraction of sp³-hybridized carbons (Fsp3) is 0.923. The van der Waals surface area contributed by atoms with E-state index in [0.717, 1.165) is 13.2 Å². The highest BCUT2D eigenvalue weighted by atomic mass is 32.2. The molecule has 0 saturated heterocycles. The van der Waals surface area contributed by atoms with Crippen LogP contribution >= 0.6 is 0 Å². The summed E-state index contributed by atoms with van der Waals surface area (Å²) in [6.45, 7) is 12.6. The number of alkyl halides is 6. The molecular weight excluding hydrogens is 394 g/mol. The van der Waals surface area contributed by atoms with Gasteiger partial charge in [0.05, 0.1) is 26.2 Å². The molecule has 0 fully saturated rings. The molecule has 0 spiro atoms. The summed E-state index contributed by atoms with van der Waals surface area (Å²) in [5.41, 5.74) is -5.96. The van der Waals surface area contributed by atoms with Crippen molar-refractivity contribution in [2.45, 2.75) is 38.9 Å². The Balaban J connectivity index is 0. The largest absolute Gasteiger partial charge is 0.516 e. The average molecular weight is 419 g/mol. The molecule has 0 aromatic heterocycles. The summed E-state index contributed by atoms with van der Waals surface area (Å²) in [6, 6.07) is 0. The van der Waals surface area contributed by atoms with E-state index in [4.69, 9.17) is 4.74 Å². The van der Waals surface area contributed by atoms with Crippen LogP contribution in [0, 0.1) is 0 Å². The summed E-state index contributed by atoms with van der Waals surface area (Å²) in [7, 11) is -4.52. The second-order valence-electron chi connectivity index (χ2n) is 5.29. The fourth-order valence-corrected chi connectivity index (χ4v) is 2.44. The van der Waals surface area contributed by atoms with Crippen LogP contribution in [0.3, 0.4) is 0 Å². The zero-order valence-electron chi connectivity index (χ0n) is 15.0. The number of halogens is 6. The fourth-order valence-electron chi connectivity index (χ4n) is 1.96. The molecule has 0 heterocycles. The van der Waals surface area contributed by atoms with Crippen molar-refractivity contribution in [3.8, 4) is 0 Å². The zero-order valence-corrected chi connectivity index (χ0v) is 15.8. The molecule has 13 heteroatoms. The Bertz CT molecular complexity index is 516. The lowest BCUT2D eigenvalue weighted by molar-refractivity contribution is -0.925.